The molecule has 5 heteroatoms. The summed E-state index contributed by atoms with van der Waals surface area (Å²) >= 11 is 0. The molecule has 2 N–H and O–H groups in total. The molecule has 1 aliphatic carbocycles. The number of rotatable bonds is 5. The third kappa shape index (κ3) is 2.52. The Morgan fingerprint density at radius 2 is 1.75 bits per heavy atom. The van der Waals surface area contributed by atoms with Crippen molar-refractivity contribution in [3.8, 4) is 0 Å². The molecular weight excluding hydrogens is 212 g/mol. The summed E-state index contributed by atoms with van der Waals surface area (Å²) in [5.74, 6) is -2.01. The van der Waals surface area contributed by atoms with Crippen LogP contribution in [0.1, 0.15) is 32.1 Å². The van der Waals surface area contributed by atoms with Gasteiger partial charge in [0.05, 0.1) is 0 Å². The van der Waals surface area contributed by atoms with Gasteiger partial charge < -0.3 is 14.9 Å². The normalized spacial score (nSPS) is 20.6. The van der Waals surface area contributed by atoms with E-state index in [0.29, 0.717) is 25.4 Å². The minimum absolute atomic E-state index is 0.228. The molecule has 1 rings (SSSR count). The molecule has 16 heavy (non-hydrogen) atoms. The molecule has 0 aromatic rings. The Kier molecular flexibility index (Phi) is 4.29. The second-order valence-electron chi connectivity index (χ2n) is 4.42. The third-order valence-corrected chi connectivity index (χ3v) is 3.51. The molecule has 1 aliphatic rings. The van der Waals surface area contributed by atoms with Crippen LogP contribution in [-0.2, 0) is 14.3 Å². The van der Waals surface area contributed by atoms with Crippen molar-refractivity contribution in [2.45, 2.75) is 32.1 Å². The van der Waals surface area contributed by atoms with Gasteiger partial charge in [-0.3, -0.25) is 9.59 Å². The average molecular weight is 230 g/mol. The van der Waals surface area contributed by atoms with E-state index in [4.69, 9.17) is 14.9 Å². The first-order valence-corrected chi connectivity index (χ1v) is 5.48. The van der Waals surface area contributed by atoms with E-state index in [1.165, 1.54) is 0 Å². The zero-order valence-corrected chi connectivity index (χ0v) is 9.44. The van der Waals surface area contributed by atoms with Gasteiger partial charge in [-0.25, -0.2) is 0 Å². The van der Waals surface area contributed by atoms with Crippen molar-refractivity contribution in [1.82, 2.24) is 0 Å². The van der Waals surface area contributed by atoms with Gasteiger partial charge in [0.25, 0.3) is 0 Å². The van der Waals surface area contributed by atoms with Gasteiger partial charge in [-0.05, 0) is 38.0 Å². The first kappa shape index (κ1) is 13.0. The molecule has 1 fully saturated rings. The predicted octanol–water partition coefficient (Wildman–Crippen LogP) is 1.37. The van der Waals surface area contributed by atoms with E-state index < -0.39 is 17.4 Å². The van der Waals surface area contributed by atoms with Crippen LogP contribution in [0.2, 0.25) is 0 Å². The van der Waals surface area contributed by atoms with Crippen LogP contribution in [-0.4, -0.2) is 35.9 Å². The summed E-state index contributed by atoms with van der Waals surface area (Å²) in [6.07, 6.45) is 2.65. The Morgan fingerprint density at radius 1 is 1.25 bits per heavy atom. The summed E-state index contributed by atoms with van der Waals surface area (Å²) in [4.78, 5) is 22.1. The van der Waals surface area contributed by atoms with Crippen molar-refractivity contribution < 1.29 is 24.5 Å². The first-order chi connectivity index (χ1) is 7.53. The molecule has 0 saturated heterocycles. The predicted molar refractivity (Wildman–Crippen MR) is 56.2 cm³/mol. The zero-order valence-electron chi connectivity index (χ0n) is 9.44. The molecule has 0 aromatic heterocycles. The molecule has 0 radical (unpaired) electrons. The van der Waals surface area contributed by atoms with E-state index in [2.05, 4.69) is 0 Å². The lowest BCUT2D eigenvalue weighted by molar-refractivity contribution is -0.168. The fraction of sp³-hybridized carbons (Fsp3) is 0.818. The zero-order chi connectivity index (χ0) is 12.2. The molecule has 92 valence electrons. The summed E-state index contributed by atoms with van der Waals surface area (Å²) in [6, 6.07) is 0. The summed E-state index contributed by atoms with van der Waals surface area (Å²) in [7, 11) is 1.63. The Morgan fingerprint density at radius 3 is 2.12 bits per heavy atom. The quantitative estimate of drug-likeness (QED) is 0.697. The lowest BCUT2D eigenvalue weighted by Gasteiger charge is -2.33. The molecule has 0 spiro atoms. The third-order valence-electron chi connectivity index (χ3n) is 3.51. The number of methoxy groups -OCH3 is 1. The maximum Gasteiger partial charge on any atom is 0.321 e. The van der Waals surface area contributed by atoms with Gasteiger partial charge in [0, 0.05) is 13.7 Å². The van der Waals surface area contributed by atoms with Crippen molar-refractivity contribution in [3.05, 3.63) is 0 Å². The highest BCUT2D eigenvalue weighted by molar-refractivity contribution is 5.98. The van der Waals surface area contributed by atoms with Gasteiger partial charge in [-0.2, -0.15) is 0 Å². The molecule has 0 amide bonds. The van der Waals surface area contributed by atoms with Crippen LogP contribution in [0.15, 0.2) is 0 Å². The number of hydrogen-bond acceptors (Lipinski definition) is 3. The second kappa shape index (κ2) is 5.30. The highest BCUT2D eigenvalue weighted by atomic mass is 16.5. The first-order valence-electron chi connectivity index (χ1n) is 5.48. The number of aliphatic carboxylic acids is 2. The largest absolute Gasteiger partial charge is 0.480 e. The number of ether oxygens (including phenoxy) is 1. The van der Waals surface area contributed by atoms with Crippen LogP contribution < -0.4 is 0 Å². The van der Waals surface area contributed by atoms with Gasteiger partial charge in [0.2, 0.25) is 0 Å². The van der Waals surface area contributed by atoms with Crippen LogP contribution >= 0.6 is 0 Å². The Hall–Kier alpha value is -1.10. The summed E-state index contributed by atoms with van der Waals surface area (Å²) in [5, 5.41) is 18.0. The number of carboxylic acids is 2. The summed E-state index contributed by atoms with van der Waals surface area (Å²) < 4.78 is 4.96. The molecule has 0 aliphatic heterocycles. The Bertz CT molecular complexity index is 250. The fourth-order valence-corrected chi connectivity index (χ4v) is 2.26. The highest BCUT2D eigenvalue weighted by Gasteiger charge is 2.48. The molecule has 0 aromatic carbocycles. The molecule has 0 heterocycles. The van der Waals surface area contributed by atoms with Crippen LogP contribution in [0.5, 0.6) is 0 Å². The van der Waals surface area contributed by atoms with Crippen molar-refractivity contribution >= 4 is 11.9 Å². The van der Waals surface area contributed by atoms with Gasteiger partial charge in [0.15, 0.2) is 5.41 Å². The van der Waals surface area contributed by atoms with E-state index in [9.17, 15) is 9.59 Å². The lowest BCUT2D eigenvalue weighted by Crippen LogP contribution is -2.42. The minimum atomic E-state index is -1.55. The Balaban J connectivity index is 2.57. The van der Waals surface area contributed by atoms with Crippen molar-refractivity contribution in [1.29, 1.82) is 0 Å². The number of carboxylic acid groups (broad SMARTS) is 2. The molecule has 1 saturated carbocycles. The van der Waals surface area contributed by atoms with Crippen LogP contribution in [0, 0.1) is 11.3 Å². The summed E-state index contributed by atoms with van der Waals surface area (Å²) in [5.41, 5.74) is -1.55. The van der Waals surface area contributed by atoms with Crippen LogP contribution in [0.4, 0.5) is 0 Å². The SMILES string of the molecule is COCCC1CCC(C(=O)O)(C(=O)O)CC1. The Labute approximate surface area is 94.4 Å². The van der Waals surface area contributed by atoms with Gasteiger partial charge in [-0.1, -0.05) is 0 Å². The fourth-order valence-electron chi connectivity index (χ4n) is 2.26. The molecule has 0 bridgehead atoms. The van der Waals surface area contributed by atoms with Gasteiger partial charge in [0.1, 0.15) is 0 Å². The topological polar surface area (TPSA) is 83.8 Å². The number of hydrogen-bond donors (Lipinski definition) is 2. The van der Waals surface area contributed by atoms with Crippen molar-refractivity contribution in [2.75, 3.05) is 13.7 Å². The van der Waals surface area contributed by atoms with E-state index in [1.54, 1.807) is 7.11 Å². The van der Waals surface area contributed by atoms with Crippen LogP contribution in [0.3, 0.4) is 0 Å². The van der Waals surface area contributed by atoms with Crippen molar-refractivity contribution in [3.63, 3.8) is 0 Å². The minimum Gasteiger partial charge on any atom is -0.480 e. The van der Waals surface area contributed by atoms with Gasteiger partial charge in [-0.15, -0.1) is 0 Å². The van der Waals surface area contributed by atoms with E-state index in [-0.39, 0.29) is 12.8 Å². The molecule has 0 unspecified atom stereocenters. The van der Waals surface area contributed by atoms with E-state index in [1.807, 2.05) is 0 Å². The van der Waals surface area contributed by atoms with Crippen LogP contribution in [0.25, 0.3) is 0 Å². The smallest absolute Gasteiger partial charge is 0.321 e. The second-order valence-corrected chi connectivity index (χ2v) is 4.42. The van der Waals surface area contributed by atoms with E-state index >= 15 is 0 Å². The highest BCUT2D eigenvalue weighted by Crippen LogP contribution is 2.40. The molecule has 5 nitrogen and oxygen atoms in total. The van der Waals surface area contributed by atoms with Gasteiger partial charge >= 0.3 is 11.9 Å². The maximum absolute atomic E-state index is 11.0. The van der Waals surface area contributed by atoms with E-state index in [0.717, 1.165) is 6.42 Å². The summed E-state index contributed by atoms with van der Waals surface area (Å²) in [6.45, 7) is 0.651. The molecule has 0 atom stereocenters. The molecular formula is C11H18O5. The standard InChI is InChI=1S/C11H18O5/c1-16-7-4-8-2-5-11(6-3-8,9(12)13)10(14)15/h8H,2-7H2,1H3,(H,12,13)(H,14,15). The average Bonchev–Trinajstić information content (AvgIpc) is 2.26. The monoisotopic (exact) mass is 230 g/mol. The maximum atomic E-state index is 11.0. The number of carbonyl (C=O) groups is 2. The lowest BCUT2D eigenvalue weighted by atomic mass is 9.70. The van der Waals surface area contributed by atoms with Crippen molar-refractivity contribution in [2.24, 2.45) is 11.3 Å².